The molecule has 0 saturated carbocycles. The highest BCUT2D eigenvalue weighted by atomic mass is 19.4. The highest BCUT2D eigenvalue weighted by Crippen LogP contribution is 2.31. The van der Waals surface area contributed by atoms with Crippen LogP contribution in [0.4, 0.5) is 13.2 Å². The fourth-order valence-corrected chi connectivity index (χ4v) is 2.90. The van der Waals surface area contributed by atoms with E-state index in [1.807, 2.05) is 12.1 Å². The minimum atomic E-state index is -4.45. The number of ether oxygens (including phenoxy) is 3. The van der Waals surface area contributed by atoms with Gasteiger partial charge in [0, 0.05) is 12.7 Å². The molecule has 1 aromatic heterocycles. The van der Waals surface area contributed by atoms with Gasteiger partial charge in [0.1, 0.15) is 11.4 Å². The molecule has 0 aliphatic heterocycles. The Bertz CT molecular complexity index is 1070. The van der Waals surface area contributed by atoms with Crippen LogP contribution in [0.3, 0.4) is 0 Å². The zero-order valence-electron chi connectivity index (χ0n) is 17.5. The predicted octanol–water partition coefficient (Wildman–Crippen LogP) is 3.93. The van der Waals surface area contributed by atoms with Crippen molar-refractivity contribution in [2.24, 2.45) is 0 Å². The third-order valence-corrected chi connectivity index (χ3v) is 4.55. The van der Waals surface area contributed by atoms with E-state index in [2.05, 4.69) is 10.4 Å². The number of hydrogen-bond donors (Lipinski definition) is 1. The van der Waals surface area contributed by atoms with Crippen LogP contribution in [0.1, 0.15) is 21.6 Å². The van der Waals surface area contributed by atoms with Gasteiger partial charge in [-0.05, 0) is 48.4 Å². The first-order valence-electron chi connectivity index (χ1n) is 9.63. The van der Waals surface area contributed by atoms with Gasteiger partial charge in [-0.3, -0.25) is 4.79 Å². The third kappa shape index (κ3) is 5.93. The molecule has 0 fully saturated rings. The molecule has 1 N–H and O–H groups in total. The molecule has 0 aliphatic rings. The largest absolute Gasteiger partial charge is 0.493 e. The van der Waals surface area contributed by atoms with E-state index in [9.17, 15) is 18.0 Å². The molecule has 0 spiro atoms. The number of rotatable bonds is 9. The summed E-state index contributed by atoms with van der Waals surface area (Å²) < 4.78 is 55.5. The molecule has 0 bridgehead atoms. The first kappa shape index (κ1) is 23.0. The van der Waals surface area contributed by atoms with Crippen LogP contribution in [-0.2, 0) is 19.3 Å². The van der Waals surface area contributed by atoms with Gasteiger partial charge in [-0.25, -0.2) is 4.68 Å². The Morgan fingerprint density at radius 1 is 1.06 bits per heavy atom. The molecule has 0 unspecified atom stereocenters. The number of amides is 1. The Kier molecular flexibility index (Phi) is 7.24. The van der Waals surface area contributed by atoms with Gasteiger partial charge in [-0.1, -0.05) is 12.1 Å². The van der Waals surface area contributed by atoms with E-state index in [1.54, 1.807) is 20.3 Å². The van der Waals surface area contributed by atoms with Crippen molar-refractivity contribution in [1.29, 1.82) is 0 Å². The SMILES string of the molecule is COc1ccc(CCNC(=O)c2ccn(COc3cccc(C(F)(F)F)c3)n2)cc1OC. The molecule has 0 radical (unpaired) electrons. The standard InChI is InChI=1S/C22H22F3N3O4/c1-30-19-7-6-15(12-20(19)31-2)8-10-26-21(29)18-9-11-28(27-18)14-32-17-5-3-4-16(13-17)22(23,24)25/h3-7,9,11-13H,8,10,14H2,1-2H3,(H,26,29). The average molecular weight is 449 g/mol. The Balaban J connectivity index is 1.50. The number of halogens is 3. The topological polar surface area (TPSA) is 74.6 Å². The van der Waals surface area contributed by atoms with Gasteiger partial charge < -0.3 is 19.5 Å². The average Bonchev–Trinajstić information content (AvgIpc) is 3.26. The second-order valence-corrected chi connectivity index (χ2v) is 6.73. The molecule has 3 aromatic rings. The van der Waals surface area contributed by atoms with Crippen molar-refractivity contribution < 1.29 is 32.2 Å². The summed E-state index contributed by atoms with van der Waals surface area (Å²) in [4.78, 5) is 12.3. The zero-order valence-corrected chi connectivity index (χ0v) is 17.5. The highest BCUT2D eigenvalue weighted by Gasteiger charge is 2.30. The van der Waals surface area contributed by atoms with E-state index in [-0.39, 0.29) is 24.1 Å². The van der Waals surface area contributed by atoms with Crippen LogP contribution >= 0.6 is 0 Å². The number of carbonyl (C=O) groups excluding carboxylic acids is 1. The molecule has 1 heterocycles. The maximum absolute atomic E-state index is 12.8. The van der Waals surface area contributed by atoms with E-state index in [0.717, 1.165) is 17.7 Å². The van der Waals surface area contributed by atoms with Crippen molar-refractivity contribution in [3.8, 4) is 17.2 Å². The van der Waals surface area contributed by atoms with E-state index < -0.39 is 11.7 Å². The van der Waals surface area contributed by atoms with E-state index in [4.69, 9.17) is 14.2 Å². The second-order valence-electron chi connectivity index (χ2n) is 6.73. The van der Waals surface area contributed by atoms with Crippen molar-refractivity contribution in [2.75, 3.05) is 20.8 Å². The van der Waals surface area contributed by atoms with Crippen LogP contribution in [0.15, 0.2) is 54.7 Å². The molecule has 32 heavy (non-hydrogen) atoms. The summed E-state index contributed by atoms with van der Waals surface area (Å²) in [6.45, 7) is 0.238. The number of alkyl halides is 3. The summed E-state index contributed by atoms with van der Waals surface area (Å²) in [5, 5.41) is 6.87. The summed E-state index contributed by atoms with van der Waals surface area (Å²) in [6.07, 6.45) is -2.37. The summed E-state index contributed by atoms with van der Waals surface area (Å²) in [5.41, 5.74) is 0.331. The smallest absolute Gasteiger partial charge is 0.416 e. The highest BCUT2D eigenvalue weighted by molar-refractivity contribution is 5.92. The van der Waals surface area contributed by atoms with Gasteiger partial charge in [0.15, 0.2) is 18.2 Å². The first-order chi connectivity index (χ1) is 15.3. The Morgan fingerprint density at radius 3 is 2.56 bits per heavy atom. The quantitative estimate of drug-likeness (QED) is 0.536. The molecule has 10 heteroatoms. The van der Waals surface area contributed by atoms with E-state index in [1.165, 1.54) is 29.1 Å². The lowest BCUT2D eigenvalue weighted by atomic mass is 10.1. The molecule has 0 atom stereocenters. The number of aromatic nitrogens is 2. The number of nitrogens with one attached hydrogen (secondary N) is 1. The number of hydrogen-bond acceptors (Lipinski definition) is 5. The van der Waals surface area contributed by atoms with E-state index in [0.29, 0.717) is 24.5 Å². The van der Waals surface area contributed by atoms with Crippen LogP contribution in [-0.4, -0.2) is 36.5 Å². The summed E-state index contributed by atoms with van der Waals surface area (Å²) in [5.74, 6) is 0.911. The molecular weight excluding hydrogens is 427 g/mol. The predicted molar refractivity (Wildman–Crippen MR) is 110 cm³/mol. The molecular formula is C22H22F3N3O4. The van der Waals surface area contributed by atoms with Crippen molar-refractivity contribution in [3.63, 3.8) is 0 Å². The molecule has 0 saturated heterocycles. The molecule has 3 rings (SSSR count). The summed E-state index contributed by atoms with van der Waals surface area (Å²) in [7, 11) is 3.11. The molecule has 1 amide bonds. The Hall–Kier alpha value is -3.69. The number of nitrogens with zero attached hydrogens (tertiary/aromatic N) is 2. The van der Waals surface area contributed by atoms with Crippen molar-refractivity contribution >= 4 is 5.91 Å². The van der Waals surface area contributed by atoms with Crippen molar-refractivity contribution in [2.45, 2.75) is 19.3 Å². The van der Waals surface area contributed by atoms with Crippen LogP contribution in [0.25, 0.3) is 0 Å². The first-order valence-corrected chi connectivity index (χ1v) is 9.63. The fraction of sp³-hybridized carbons (Fsp3) is 0.273. The molecule has 7 nitrogen and oxygen atoms in total. The maximum Gasteiger partial charge on any atom is 0.416 e. The molecule has 170 valence electrons. The van der Waals surface area contributed by atoms with Gasteiger partial charge in [0.2, 0.25) is 0 Å². The van der Waals surface area contributed by atoms with Crippen LogP contribution in [0.5, 0.6) is 17.2 Å². The minimum absolute atomic E-state index is 0.0521. The number of benzene rings is 2. The fourth-order valence-electron chi connectivity index (χ4n) is 2.90. The van der Waals surface area contributed by atoms with Crippen molar-refractivity contribution in [3.05, 3.63) is 71.5 Å². The summed E-state index contributed by atoms with van der Waals surface area (Å²) in [6, 6.07) is 11.6. The van der Waals surface area contributed by atoms with Crippen LogP contribution < -0.4 is 19.5 Å². The summed E-state index contributed by atoms with van der Waals surface area (Å²) >= 11 is 0. The van der Waals surface area contributed by atoms with Gasteiger partial charge >= 0.3 is 6.18 Å². The monoisotopic (exact) mass is 449 g/mol. The Morgan fingerprint density at radius 2 is 1.84 bits per heavy atom. The van der Waals surface area contributed by atoms with E-state index >= 15 is 0 Å². The normalized spacial score (nSPS) is 11.2. The van der Waals surface area contributed by atoms with Gasteiger partial charge in [0.05, 0.1) is 19.8 Å². The second kappa shape index (κ2) is 10.1. The van der Waals surface area contributed by atoms with Gasteiger partial charge in [0.25, 0.3) is 5.91 Å². The zero-order chi connectivity index (χ0) is 23.1. The third-order valence-electron chi connectivity index (χ3n) is 4.55. The number of carbonyl (C=O) groups is 1. The van der Waals surface area contributed by atoms with Crippen molar-refractivity contribution in [1.82, 2.24) is 15.1 Å². The lowest BCUT2D eigenvalue weighted by molar-refractivity contribution is -0.137. The number of methoxy groups -OCH3 is 2. The van der Waals surface area contributed by atoms with Gasteiger partial charge in [-0.15, -0.1) is 0 Å². The molecule has 2 aromatic carbocycles. The van der Waals surface area contributed by atoms with Gasteiger partial charge in [-0.2, -0.15) is 18.3 Å². The maximum atomic E-state index is 12.8. The lowest BCUT2D eigenvalue weighted by Gasteiger charge is -2.10. The molecule has 0 aliphatic carbocycles. The Labute approximate surface area is 182 Å². The van der Waals surface area contributed by atoms with Crippen LogP contribution in [0, 0.1) is 0 Å². The lowest BCUT2D eigenvalue weighted by Crippen LogP contribution is -2.26. The minimum Gasteiger partial charge on any atom is -0.493 e. The van der Waals surface area contributed by atoms with Crippen LogP contribution in [0.2, 0.25) is 0 Å².